The van der Waals surface area contributed by atoms with E-state index in [0.29, 0.717) is 5.02 Å². The van der Waals surface area contributed by atoms with Gasteiger partial charge in [0.2, 0.25) is 10.0 Å². The number of hydrogen-bond acceptors (Lipinski definition) is 3. The molecule has 5 nitrogen and oxygen atoms in total. The zero-order valence-corrected chi connectivity index (χ0v) is 11.4. The highest BCUT2D eigenvalue weighted by Gasteiger charge is 2.20. The maximum Gasteiger partial charge on any atom is 0.303 e. The summed E-state index contributed by atoms with van der Waals surface area (Å²) in [5.74, 6) is -0.938. The fourth-order valence-electron chi connectivity index (χ4n) is 1.36. The summed E-state index contributed by atoms with van der Waals surface area (Å²) in [6.45, 7) is 0.164. The topological polar surface area (TPSA) is 74.7 Å². The fraction of sp³-hybridized carbons (Fsp3) is 0.364. The lowest BCUT2D eigenvalue weighted by molar-refractivity contribution is -0.137. The van der Waals surface area contributed by atoms with Crippen LogP contribution in [0.15, 0.2) is 29.2 Å². The van der Waals surface area contributed by atoms with Gasteiger partial charge in [-0.1, -0.05) is 11.6 Å². The molecule has 0 radical (unpaired) electrons. The summed E-state index contributed by atoms with van der Waals surface area (Å²) in [4.78, 5) is 10.5. The molecular weight excluding hydrogens is 278 g/mol. The first-order valence-corrected chi connectivity index (χ1v) is 7.09. The Hall–Kier alpha value is -1.11. The second-order valence-electron chi connectivity index (χ2n) is 3.78. The highest BCUT2D eigenvalue weighted by molar-refractivity contribution is 7.89. The molecule has 0 aromatic heterocycles. The van der Waals surface area contributed by atoms with Gasteiger partial charge in [-0.3, -0.25) is 4.79 Å². The monoisotopic (exact) mass is 291 g/mol. The summed E-state index contributed by atoms with van der Waals surface area (Å²) in [6, 6.07) is 5.84. The van der Waals surface area contributed by atoms with E-state index in [4.69, 9.17) is 16.7 Å². The van der Waals surface area contributed by atoms with Crippen LogP contribution in [-0.2, 0) is 14.8 Å². The van der Waals surface area contributed by atoms with Crippen molar-refractivity contribution < 1.29 is 18.3 Å². The van der Waals surface area contributed by atoms with Crippen molar-refractivity contribution in [2.24, 2.45) is 0 Å². The number of benzene rings is 1. The molecule has 0 aliphatic heterocycles. The second-order valence-corrected chi connectivity index (χ2v) is 6.26. The van der Waals surface area contributed by atoms with Crippen LogP contribution in [0, 0.1) is 0 Å². The molecule has 0 fully saturated rings. The number of hydrogen-bond donors (Lipinski definition) is 1. The molecule has 7 heteroatoms. The minimum absolute atomic E-state index is 0.0551. The highest BCUT2D eigenvalue weighted by Crippen LogP contribution is 2.17. The van der Waals surface area contributed by atoms with Crippen LogP contribution in [0.3, 0.4) is 0 Å². The van der Waals surface area contributed by atoms with Gasteiger partial charge in [-0.05, 0) is 30.7 Å². The van der Waals surface area contributed by atoms with Gasteiger partial charge in [0, 0.05) is 25.0 Å². The molecule has 1 aromatic carbocycles. The number of aliphatic carboxylic acids is 1. The van der Waals surface area contributed by atoms with E-state index >= 15 is 0 Å². The van der Waals surface area contributed by atoms with Crippen LogP contribution in [-0.4, -0.2) is 37.4 Å². The Morgan fingerprint density at radius 3 is 2.39 bits per heavy atom. The first-order chi connectivity index (χ1) is 8.34. The van der Waals surface area contributed by atoms with E-state index in [0.717, 1.165) is 4.31 Å². The second kappa shape index (κ2) is 6.17. The van der Waals surface area contributed by atoms with Crippen LogP contribution >= 0.6 is 11.6 Å². The molecule has 0 aliphatic rings. The SMILES string of the molecule is CN(CCCC(=O)O)S(=O)(=O)c1ccc(Cl)cc1. The van der Waals surface area contributed by atoms with Gasteiger partial charge >= 0.3 is 5.97 Å². The lowest BCUT2D eigenvalue weighted by Gasteiger charge is -2.16. The van der Waals surface area contributed by atoms with Crippen LogP contribution < -0.4 is 0 Å². The van der Waals surface area contributed by atoms with Crippen LogP contribution in [0.5, 0.6) is 0 Å². The predicted molar refractivity (Wildman–Crippen MR) is 68.1 cm³/mol. The molecule has 0 spiro atoms. The average Bonchev–Trinajstić information content (AvgIpc) is 2.28. The van der Waals surface area contributed by atoms with E-state index in [9.17, 15) is 13.2 Å². The third-order valence-electron chi connectivity index (χ3n) is 2.39. The molecule has 1 rings (SSSR count). The van der Waals surface area contributed by atoms with Gasteiger partial charge in [0.15, 0.2) is 0 Å². The molecule has 0 atom stereocenters. The van der Waals surface area contributed by atoms with E-state index in [-0.39, 0.29) is 24.3 Å². The Kier molecular flexibility index (Phi) is 5.13. The van der Waals surface area contributed by atoms with Crippen LogP contribution in [0.4, 0.5) is 0 Å². The number of carboxylic acid groups (broad SMARTS) is 1. The maximum atomic E-state index is 12.1. The smallest absolute Gasteiger partial charge is 0.303 e. The van der Waals surface area contributed by atoms with Crippen LogP contribution in [0.25, 0.3) is 0 Å². The van der Waals surface area contributed by atoms with Crippen molar-refractivity contribution in [3.8, 4) is 0 Å². The third kappa shape index (κ3) is 3.97. The molecule has 0 saturated carbocycles. The first kappa shape index (κ1) is 14.9. The lowest BCUT2D eigenvalue weighted by Crippen LogP contribution is -2.28. The summed E-state index contributed by atoms with van der Waals surface area (Å²) in [5.41, 5.74) is 0. The van der Waals surface area contributed by atoms with Gasteiger partial charge in [-0.2, -0.15) is 0 Å². The van der Waals surface area contributed by atoms with Crippen molar-refractivity contribution in [2.45, 2.75) is 17.7 Å². The van der Waals surface area contributed by atoms with Crippen LogP contribution in [0.2, 0.25) is 5.02 Å². The summed E-state index contributed by atoms with van der Waals surface area (Å²) in [5, 5.41) is 8.95. The number of carbonyl (C=O) groups is 1. The number of nitrogens with zero attached hydrogens (tertiary/aromatic N) is 1. The molecule has 0 bridgehead atoms. The standard InChI is InChI=1S/C11H14ClNO4S/c1-13(8-2-3-11(14)15)18(16,17)10-6-4-9(12)5-7-10/h4-7H,2-3,8H2,1H3,(H,14,15). The third-order valence-corrected chi connectivity index (χ3v) is 4.51. The van der Waals surface area contributed by atoms with E-state index in [1.807, 2.05) is 0 Å². The van der Waals surface area contributed by atoms with Crippen molar-refractivity contribution in [3.05, 3.63) is 29.3 Å². The Morgan fingerprint density at radius 2 is 1.89 bits per heavy atom. The number of halogens is 1. The molecule has 100 valence electrons. The average molecular weight is 292 g/mol. The minimum Gasteiger partial charge on any atom is -0.481 e. The van der Waals surface area contributed by atoms with Crippen molar-refractivity contribution >= 4 is 27.6 Å². The molecule has 1 aromatic rings. The summed E-state index contributed by atoms with van der Waals surface area (Å²) in [7, 11) is -2.15. The van der Waals surface area contributed by atoms with E-state index < -0.39 is 16.0 Å². The van der Waals surface area contributed by atoms with Crippen LogP contribution in [0.1, 0.15) is 12.8 Å². The predicted octanol–water partition coefficient (Wildman–Crippen LogP) is 1.83. The zero-order valence-electron chi connectivity index (χ0n) is 9.84. The zero-order chi connectivity index (χ0) is 13.8. The molecule has 0 amide bonds. The van der Waals surface area contributed by atoms with Gasteiger partial charge in [0.25, 0.3) is 0 Å². The Labute approximate surface area is 111 Å². The van der Waals surface area contributed by atoms with Gasteiger partial charge in [-0.25, -0.2) is 12.7 Å². The summed E-state index contributed by atoms with van der Waals surface area (Å²) < 4.78 is 25.2. The molecule has 0 unspecified atom stereocenters. The minimum atomic E-state index is -3.57. The lowest BCUT2D eigenvalue weighted by atomic mass is 10.3. The normalized spacial score (nSPS) is 11.7. The number of carboxylic acids is 1. The number of sulfonamides is 1. The van der Waals surface area contributed by atoms with E-state index in [1.165, 1.54) is 31.3 Å². The Morgan fingerprint density at radius 1 is 1.33 bits per heavy atom. The Bertz CT molecular complexity index is 512. The Balaban J connectivity index is 2.73. The molecule has 1 N–H and O–H groups in total. The quantitative estimate of drug-likeness (QED) is 0.867. The van der Waals surface area contributed by atoms with Crippen molar-refractivity contribution in [1.29, 1.82) is 0 Å². The molecule has 0 saturated heterocycles. The van der Waals surface area contributed by atoms with E-state index in [2.05, 4.69) is 0 Å². The van der Waals surface area contributed by atoms with Crippen molar-refractivity contribution in [1.82, 2.24) is 4.31 Å². The fourth-order valence-corrected chi connectivity index (χ4v) is 2.69. The van der Waals surface area contributed by atoms with Gasteiger partial charge in [-0.15, -0.1) is 0 Å². The van der Waals surface area contributed by atoms with Gasteiger partial charge in [0.05, 0.1) is 4.90 Å². The molecule has 0 heterocycles. The first-order valence-electron chi connectivity index (χ1n) is 5.28. The summed E-state index contributed by atoms with van der Waals surface area (Å²) >= 11 is 5.69. The van der Waals surface area contributed by atoms with Gasteiger partial charge < -0.3 is 5.11 Å². The largest absolute Gasteiger partial charge is 0.481 e. The van der Waals surface area contributed by atoms with Crippen molar-refractivity contribution in [3.63, 3.8) is 0 Å². The summed E-state index contributed by atoms with van der Waals surface area (Å²) in [6.07, 6.45) is 0.221. The van der Waals surface area contributed by atoms with E-state index in [1.54, 1.807) is 0 Å². The van der Waals surface area contributed by atoms with Crippen molar-refractivity contribution in [2.75, 3.05) is 13.6 Å². The van der Waals surface area contributed by atoms with Gasteiger partial charge in [0.1, 0.15) is 0 Å². The maximum absolute atomic E-state index is 12.1. The number of rotatable bonds is 6. The molecular formula is C11H14ClNO4S. The highest BCUT2D eigenvalue weighted by atomic mass is 35.5. The molecule has 18 heavy (non-hydrogen) atoms. The molecule has 0 aliphatic carbocycles.